The Balaban J connectivity index is 1.71. The summed E-state index contributed by atoms with van der Waals surface area (Å²) in [7, 11) is 1.91. The summed E-state index contributed by atoms with van der Waals surface area (Å²) in [5.41, 5.74) is 7.79. The van der Waals surface area contributed by atoms with Gasteiger partial charge in [0.1, 0.15) is 11.9 Å². The minimum atomic E-state index is -0.302. The minimum absolute atomic E-state index is 0.0353. The van der Waals surface area contributed by atoms with Crippen LogP contribution in [0.5, 0.6) is 5.75 Å². The Morgan fingerprint density at radius 1 is 1.39 bits per heavy atom. The molecule has 2 heterocycles. The van der Waals surface area contributed by atoms with Gasteiger partial charge in [0.05, 0.1) is 12.2 Å². The van der Waals surface area contributed by atoms with E-state index in [2.05, 4.69) is 10.00 Å². The Bertz CT molecular complexity index is 683. The summed E-state index contributed by atoms with van der Waals surface area (Å²) < 4.78 is 7.82. The molecule has 6 nitrogen and oxygen atoms in total. The van der Waals surface area contributed by atoms with Crippen molar-refractivity contribution in [3.05, 3.63) is 47.8 Å². The van der Waals surface area contributed by atoms with Crippen molar-refractivity contribution in [2.24, 2.45) is 12.8 Å². The van der Waals surface area contributed by atoms with Crippen molar-refractivity contribution < 1.29 is 9.53 Å². The lowest BCUT2D eigenvalue weighted by molar-refractivity contribution is -0.122. The Hall–Kier alpha value is -2.34. The second-order valence-electron chi connectivity index (χ2n) is 6.02. The van der Waals surface area contributed by atoms with Crippen LogP contribution in [0.3, 0.4) is 0 Å². The van der Waals surface area contributed by atoms with Crippen LogP contribution >= 0.6 is 0 Å². The number of primary amides is 1. The van der Waals surface area contributed by atoms with Gasteiger partial charge in [0, 0.05) is 37.8 Å². The van der Waals surface area contributed by atoms with Gasteiger partial charge in [-0.05, 0) is 19.1 Å². The molecule has 1 saturated heterocycles. The van der Waals surface area contributed by atoms with Crippen molar-refractivity contribution in [3.8, 4) is 5.75 Å². The van der Waals surface area contributed by atoms with Gasteiger partial charge in [-0.25, -0.2) is 0 Å². The number of para-hydroxylation sites is 1. The van der Waals surface area contributed by atoms with Gasteiger partial charge in [0.25, 0.3) is 0 Å². The maximum Gasteiger partial charge on any atom is 0.234 e. The molecule has 2 aromatic rings. The molecule has 0 unspecified atom stereocenters. The van der Waals surface area contributed by atoms with E-state index in [0.29, 0.717) is 19.5 Å². The molecule has 0 radical (unpaired) electrons. The van der Waals surface area contributed by atoms with E-state index < -0.39 is 0 Å². The van der Waals surface area contributed by atoms with Crippen molar-refractivity contribution in [2.75, 3.05) is 6.54 Å². The molecule has 23 heavy (non-hydrogen) atoms. The molecule has 1 aromatic heterocycles. The molecule has 3 rings (SSSR count). The smallest absolute Gasteiger partial charge is 0.234 e. The highest BCUT2D eigenvalue weighted by molar-refractivity contribution is 5.80. The zero-order chi connectivity index (χ0) is 16.4. The highest BCUT2D eigenvalue weighted by Crippen LogP contribution is 2.25. The molecule has 2 N–H and O–H groups in total. The third kappa shape index (κ3) is 3.37. The highest BCUT2D eigenvalue weighted by atomic mass is 16.5. The molecule has 1 aliphatic rings. The number of hydrogen-bond donors (Lipinski definition) is 1. The van der Waals surface area contributed by atoms with Gasteiger partial charge in [-0.1, -0.05) is 18.2 Å². The maximum absolute atomic E-state index is 11.8. The number of aryl methyl sites for hydroxylation is 1. The van der Waals surface area contributed by atoms with E-state index in [-0.39, 0.29) is 18.1 Å². The molecule has 6 heteroatoms. The SMILES string of the molecule is Cc1c(CN2C[C@@H](Oc3ccccc3)C[C@H]2C(N)=O)cnn1C. The fourth-order valence-electron chi connectivity index (χ4n) is 3.03. The van der Waals surface area contributed by atoms with Crippen molar-refractivity contribution >= 4 is 5.91 Å². The van der Waals surface area contributed by atoms with Crippen molar-refractivity contribution in [1.29, 1.82) is 0 Å². The first-order chi connectivity index (χ1) is 11.0. The Morgan fingerprint density at radius 2 is 2.13 bits per heavy atom. The molecule has 1 fully saturated rings. The number of nitrogens with two attached hydrogens (primary N) is 1. The lowest BCUT2D eigenvalue weighted by Gasteiger charge is -2.21. The fraction of sp³-hybridized carbons (Fsp3) is 0.412. The highest BCUT2D eigenvalue weighted by Gasteiger charge is 2.37. The molecule has 2 atom stereocenters. The van der Waals surface area contributed by atoms with Crippen LogP contribution in [-0.4, -0.2) is 39.3 Å². The first kappa shape index (κ1) is 15.6. The molecular formula is C17H22N4O2. The summed E-state index contributed by atoms with van der Waals surface area (Å²) in [6.45, 7) is 3.36. The van der Waals surface area contributed by atoms with Crippen molar-refractivity contribution in [2.45, 2.75) is 32.0 Å². The number of hydrogen-bond acceptors (Lipinski definition) is 4. The number of aromatic nitrogens is 2. The molecule has 0 bridgehead atoms. The zero-order valence-electron chi connectivity index (χ0n) is 13.5. The summed E-state index contributed by atoms with van der Waals surface area (Å²) in [5, 5.41) is 4.26. The van der Waals surface area contributed by atoms with Gasteiger partial charge in [-0.3, -0.25) is 14.4 Å². The number of nitrogens with zero attached hydrogens (tertiary/aromatic N) is 3. The largest absolute Gasteiger partial charge is 0.489 e. The predicted molar refractivity (Wildman–Crippen MR) is 86.8 cm³/mol. The summed E-state index contributed by atoms with van der Waals surface area (Å²) in [5.74, 6) is 0.519. The zero-order valence-corrected chi connectivity index (χ0v) is 13.5. The Labute approximate surface area is 135 Å². The second kappa shape index (κ2) is 6.42. The normalized spacial score (nSPS) is 21.5. The molecule has 1 amide bonds. The van der Waals surface area contributed by atoms with E-state index in [1.807, 2.05) is 55.2 Å². The summed E-state index contributed by atoms with van der Waals surface area (Å²) in [4.78, 5) is 13.9. The first-order valence-electron chi connectivity index (χ1n) is 7.77. The average Bonchev–Trinajstić information content (AvgIpc) is 3.07. The summed E-state index contributed by atoms with van der Waals surface area (Å²) in [6.07, 6.45) is 2.43. The number of amides is 1. The fourth-order valence-corrected chi connectivity index (χ4v) is 3.03. The monoisotopic (exact) mass is 314 g/mol. The predicted octanol–water partition coefficient (Wildman–Crippen LogP) is 1.24. The third-order valence-electron chi connectivity index (χ3n) is 4.45. The van der Waals surface area contributed by atoms with Crippen LogP contribution < -0.4 is 10.5 Å². The van der Waals surface area contributed by atoms with Crippen molar-refractivity contribution in [3.63, 3.8) is 0 Å². The first-order valence-corrected chi connectivity index (χ1v) is 7.77. The molecule has 0 aliphatic carbocycles. The lowest BCUT2D eigenvalue weighted by atomic mass is 10.1. The molecular weight excluding hydrogens is 292 g/mol. The molecule has 0 spiro atoms. The summed E-state index contributed by atoms with van der Waals surface area (Å²) in [6, 6.07) is 9.37. The van der Waals surface area contributed by atoms with Gasteiger partial charge in [0.2, 0.25) is 5.91 Å². The number of carbonyl (C=O) groups excluding carboxylic acids is 1. The van der Waals surface area contributed by atoms with Crippen LogP contribution in [0, 0.1) is 6.92 Å². The third-order valence-corrected chi connectivity index (χ3v) is 4.45. The Morgan fingerprint density at radius 3 is 2.74 bits per heavy atom. The van der Waals surface area contributed by atoms with Gasteiger partial charge >= 0.3 is 0 Å². The summed E-state index contributed by atoms with van der Waals surface area (Å²) >= 11 is 0. The number of likely N-dealkylation sites (tertiary alicyclic amines) is 1. The number of benzene rings is 1. The van der Waals surface area contributed by atoms with Crippen molar-refractivity contribution in [1.82, 2.24) is 14.7 Å². The van der Waals surface area contributed by atoms with E-state index in [4.69, 9.17) is 10.5 Å². The molecule has 1 aliphatic heterocycles. The standard InChI is InChI=1S/C17H22N4O2/c1-12-13(9-19-20(12)2)10-21-11-15(8-16(21)17(18)22)23-14-6-4-3-5-7-14/h3-7,9,15-16H,8,10-11H2,1-2H3,(H2,18,22)/t15-,16-/m0/s1. The number of ether oxygens (including phenoxy) is 1. The van der Waals surface area contributed by atoms with Crippen LogP contribution in [-0.2, 0) is 18.4 Å². The van der Waals surface area contributed by atoms with E-state index in [9.17, 15) is 4.79 Å². The van der Waals surface area contributed by atoms with E-state index >= 15 is 0 Å². The lowest BCUT2D eigenvalue weighted by Crippen LogP contribution is -2.39. The number of rotatable bonds is 5. The van der Waals surface area contributed by atoms with Gasteiger partial charge in [0.15, 0.2) is 0 Å². The minimum Gasteiger partial charge on any atom is -0.489 e. The maximum atomic E-state index is 11.8. The quantitative estimate of drug-likeness (QED) is 0.901. The Kier molecular flexibility index (Phi) is 4.34. The van der Waals surface area contributed by atoms with Crippen LogP contribution in [0.2, 0.25) is 0 Å². The molecule has 0 saturated carbocycles. The van der Waals surface area contributed by atoms with Crippen LogP contribution in [0.4, 0.5) is 0 Å². The molecule has 122 valence electrons. The van der Waals surface area contributed by atoms with E-state index in [1.165, 1.54) is 0 Å². The van der Waals surface area contributed by atoms with Gasteiger partial charge in [-0.2, -0.15) is 5.10 Å². The van der Waals surface area contributed by atoms with Gasteiger partial charge in [-0.15, -0.1) is 0 Å². The second-order valence-corrected chi connectivity index (χ2v) is 6.02. The van der Waals surface area contributed by atoms with Crippen LogP contribution in [0.25, 0.3) is 0 Å². The van der Waals surface area contributed by atoms with Gasteiger partial charge < -0.3 is 10.5 Å². The average molecular weight is 314 g/mol. The van der Waals surface area contributed by atoms with Crippen LogP contribution in [0.1, 0.15) is 17.7 Å². The van der Waals surface area contributed by atoms with E-state index in [0.717, 1.165) is 17.0 Å². The van der Waals surface area contributed by atoms with E-state index in [1.54, 1.807) is 0 Å². The topological polar surface area (TPSA) is 73.4 Å². The molecule has 1 aromatic carbocycles. The van der Waals surface area contributed by atoms with Crippen LogP contribution in [0.15, 0.2) is 36.5 Å². The number of carbonyl (C=O) groups is 1.